The molecule has 0 heterocycles. The highest BCUT2D eigenvalue weighted by atomic mass is 35.5. The average Bonchev–Trinajstić information content (AvgIpc) is 2.36. The van der Waals surface area contributed by atoms with E-state index in [1.807, 2.05) is 0 Å². The summed E-state index contributed by atoms with van der Waals surface area (Å²) in [4.78, 5) is 11.4. The molecule has 1 amide bonds. The van der Waals surface area contributed by atoms with Crippen LogP contribution in [0, 0.1) is 0 Å². The number of carbonyl (C=O) groups excluding carboxylic acids is 1. The van der Waals surface area contributed by atoms with E-state index in [0.717, 1.165) is 6.07 Å². The predicted molar refractivity (Wildman–Crippen MR) is 74.1 cm³/mol. The molecule has 1 rings (SSSR count). The van der Waals surface area contributed by atoms with Crippen LogP contribution in [0.1, 0.15) is 0 Å². The van der Waals surface area contributed by atoms with Crippen molar-refractivity contribution in [3.8, 4) is 0 Å². The third-order valence-electron chi connectivity index (χ3n) is 2.21. The number of carbonyl (C=O) groups is 1. The first-order valence-electron chi connectivity index (χ1n) is 5.53. The van der Waals surface area contributed by atoms with Gasteiger partial charge in [-0.1, -0.05) is 11.6 Å². The Kier molecular flexibility index (Phi) is 6.37. The highest BCUT2D eigenvalue weighted by Crippen LogP contribution is 2.24. The molecule has 0 atom stereocenters. The summed E-state index contributed by atoms with van der Waals surface area (Å²) < 4.78 is 32.0. The number of anilines is 1. The van der Waals surface area contributed by atoms with Gasteiger partial charge in [0.1, 0.15) is 6.61 Å². The highest BCUT2D eigenvalue weighted by Gasteiger charge is 2.12. The number of methoxy groups -OCH3 is 1. The first-order chi connectivity index (χ1) is 9.34. The fourth-order valence-electron chi connectivity index (χ4n) is 1.27. The number of primary sulfonamides is 1. The minimum Gasteiger partial charge on any atom is -0.382 e. The summed E-state index contributed by atoms with van der Waals surface area (Å²) in [5, 5.41) is 7.53. The largest absolute Gasteiger partial charge is 0.382 e. The molecule has 3 N–H and O–H groups in total. The van der Waals surface area contributed by atoms with Crippen LogP contribution in [-0.2, 0) is 24.3 Å². The van der Waals surface area contributed by atoms with Gasteiger partial charge in [-0.05, 0) is 18.2 Å². The van der Waals surface area contributed by atoms with Crippen molar-refractivity contribution in [1.82, 2.24) is 0 Å². The number of sulfonamides is 1. The van der Waals surface area contributed by atoms with Gasteiger partial charge in [0.15, 0.2) is 0 Å². The summed E-state index contributed by atoms with van der Waals surface area (Å²) >= 11 is 5.87. The van der Waals surface area contributed by atoms with Crippen LogP contribution in [0.4, 0.5) is 5.69 Å². The topological polar surface area (TPSA) is 108 Å². The lowest BCUT2D eigenvalue weighted by atomic mass is 10.3. The molecule has 0 aromatic heterocycles. The Bertz CT molecular complexity index is 576. The minimum atomic E-state index is -3.83. The van der Waals surface area contributed by atoms with Gasteiger partial charge < -0.3 is 14.8 Å². The molecule has 0 aliphatic carbocycles. The number of amides is 1. The van der Waals surface area contributed by atoms with Crippen molar-refractivity contribution in [3.63, 3.8) is 0 Å². The van der Waals surface area contributed by atoms with Crippen LogP contribution in [0.15, 0.2) is 23.1 Å². The summed E-state index contributed by atoms with van der Waals surface area (Å²) in [5.41, 5.74) is 0.277. The van der Waals surface area contributed by atoms with Crippen molar-refractivity contribution in [2.45, 2.75) is 4.90 Å². The first-order valence-corrected chi connectivity index (χ1v) is 7.46. The molecule has 0 saturated carbocycles. The van der Waals surface area contributed by atoms with Gasteiger partial charge in [0.25, 0.3) is 0 Å². The summed E-state index contributed by atoms with van der Waals surface area (Å²) in [6.07, 6.45) is 0. The highest BCUT2D eigenvalue weighted by molar-refractivity contribution is 7.89. The van der Waals surface area contributed by atoms with Crippen LogP contribution in [0.5, 0.6) is 0 Å². The van der Waals surface area contributed by atoms with Gasteiger partial charge in [0.2, 0.25) is 15.9 Å². The van der Waals surface area contributed by atoms with Crippen molar-refractivity contribution in [1.29, 1.82) is 0 Å². The molecule has 1 aromatic rings. The second kappa shape index (κ2) is 7.55. The van der Waals surface area contributed by atoms with Gasteiger partial charge in [-0.25, -0.2) is 13.6 Å². The quantitative estimate of drug-likeness (QED) is 0.714. The van der Waals surface area contributed by atoms with Crippen LogP contribution in [-0.4, -0.2) is 41.3 Å². The van der Waals surface area contributed by atoms with E-state index in [9.17, 15) is 13.2 Å². The standard InChI is InChI=1S/C11H15ClN2O5S/c1-18-4-5-19-7-11(15)14-10-3-2-8(6-9(10)12)20(13,16)17/h2-3,6H,4-5,7H2,1H3,(H,14,15)(H2,13,16,17). The van der Waals surface area contributed by atoms with E-state index < -0.39 is 15.9 Å². The molecule has 0 aliphatic heterocycles. The van der Waals surface area contributed by atoms with Crippen LogP contribution in [0.3, 0.4) is 0 Å². The van der Waals surface area contributed by atoms with E-state index in [4.69, 9.17) is 26.2 Å². The molecule has 112 valence electrons. The van der Waals surface area contributed by atoms with Crippen LogP contribution < -0.4 is 10.5 Å². The second-order valence-corrected chi connectivity index (χ2v) is 5.75. The fourth-order valence-corrected chi connectivity index (χ4v) is 2.10. The Labute approximate surface area is 122 Å². The number of ether oxygens (including phenoxy) is 2. The Morgan fingerprint density at radius 3 is 2.65 bits per heavy atom. The summed E-state index contributed by atoms with van der Waals surface area (Å²) in [7, 11) is -2.30. The second-order valence-electron chi connectivity index (χ2n) is 3.78. The van der Waals surface area contributed by atoms with E-state index in [-0.39, 0.29) is 22.2 Å². The van der Waals surface area contributed by atoms with Crippen molar-refractivity contribution >= 4 is 33.2 Å². The predicted octanol–water partition coefficient (Wildman–Crippen LogP) is 0.589. The SMILES string of the molecule is COCCOCC(=O)Nc1ccc(S(N)(=O)=O)cc1Cl. The number of halogens is 1. The van der Waals surface area contributed by atoms with Gasteiger partial charge in [-0.3, -0.25) is 4.79 Å². The van der Waals surface area contributed by atoms with Gasteiger partial charge >= 0.3 is 0 Å². The molecule has 0 radical (unpaired) electrons. The normalized spacial score (nSPS) is 11.3. The Balaban J connectivity index is 2.63. The average molecular weight is 323 g/mol. The first kappa shape index (κ1) is 16.9. The van der Waals surface area contributed by atoms with E-state index in [1.54, 1.807) is 0 Å². The van der Waals surface area contributed by atoms with Crippen molar-refractivity contribution in [2.24, 2.45) is 5.14 Å². The lowest BCUT2D eigenvalue weighted by molar-refractivity contribution is -0.121. The summed E-state index contributed by atoms with van der Waals surface area (Å²) in [6, 6.07) is 3.77. The molecule has 20 heavy (non-hydrogen) atoms. The number of hydrogen-bond acceptors (Lipinski definition) is 5. The number of hydrogen-bond donors (Lipinski definition) is 2. The summed E-state index contributed by atoms with van der Waals surface area (Å²) in [5.74, 6) is -0.411. The maximum Gasteiger partial charge on any atom is 0.250 e. The molecule has 0 unspecified atom stereocenters. The molecule has 0 spiro atoms. The van der Waals surface area contributed by atoms with Crippen molar-refractivity contribution < 1.29 is 22.7 Å². The minimum absolute atomic E-state index is 0.0711. The van der Waals surface area contributed by atoms with Crippen molar-refractivity contribution in [3.05, 3.63) is 23.2 Å². The molecule has 0 aliphatic rings. The third kappa shape index (κ3) is 5.43. The van der Waals surface area contributed by atoms with Gasteiger partial charge in [-0.15, -0.1) is 0 Å². The monoisotopic (exact) mass is 322 g/mol. The fraction of sp³-hybridized carbons (Fsp3) is 0.364. The van der Waals surface area contributed by atoms with Crippen LogP contribution >= 0.6 is 11.6 Å². The van der Waals surface area contributed by atoms with Gasteiger partial charge in [-0.2, -0.15) is 0 Å². The maximum absolute atomic E-state index is 11.5. The zero-order chi connectivity index (χ0) is 15.2. The molecule has 0 saturated heterocycles. The van der Waals surface area contributed by atoms with E-state index >= 15 is 0 Å². The molecule has 0 fully saturated rings. The number of rotatable bonds is 7. The third-order valence-corrected chi connectivity index (χ3v) is 3.43. The molecule has 1 aromatic carbocycles. The van der Waals surface area contributed by atoms with Gasteiger partial charge in [0, 0.05) is 7.11 Å². The number of benzene rings is 1. The van der Waals surface area contributed by atoms with Crippen LogP contribution in [0.25, 0.3) is 0 Å². The number of nitrogens with two attached hydrogens (primary N) is 1. The summed E-state index contributed by atoms with van der Waals surface area (Å²) in [6.45, 7) is 0.524. The molecule has 0 bridgehead atoms. The van der Waals surface area contributed by atoms with Crippen LogP contribution in [0.2, 0.25) is 5.02 Å². The Morgan fingerprint density at radius 1 is 1.40 bits per heavy atom. The van der Waals surface area contributed by atoms with Gasteiger partial charge in [0.05, 0.1) is 28.8 Å². The lowest BCUT2D eigenvalue weighted by Gasteiger charge is -2.08. The maximum atomic E-state index is 11.5. The van der Waals surface area contributed by atoms with E-state index in [1.165, 1.54) is 19.2 Å². The zero-order valence-electron chi connectivity index (χ0n) is 10.8. The molecule has 9 heteroatoms. The molecule has 7 nitrogen and oxygen atoms in total. The van der Waals surface area contributed by atoms with Crippen molar-refractivity contribution in [2.75, 3.05) is 32.2 Å². The number of nitrogens with one attached hydrogen (secondary N) is 1. The Morgan fingerprint density at radius 2 is 2.10 bits per heavy atom. The zero-order valence-corrected chi connectivity index (χ0v) is 12.3. The lowest BCUT2D eigenvalue weighted by Crippen LogP contribution is -2.20. The Hall–Kier alpha value is -1.19. The molecular weight excluding hydrogens is 308 g/mol. The van der Waals surface area contributed by atoms with E-state index in [0.29, 0.717) is 13.2 Å². The molecular formula is C11H15ClN2O5S. The van der Waals surface area contributed by atoms with E-state index in [2.05, 4.69) is 5.32 Å². The smallest absolute Gasteiger partial charge is 0.250 e.